The topological polar surface area (TPSA) is 219 Å². The summed E-state index contributed by atoms with van der Waals surface area (Å²) in [6.45, 7) is 0. The van der Waals surface area contributed by atoms with Crippen molar-refractivity contribution >= 4 is 0 Å². The first-order valence-corrected chi connectivity index (χ1v) is 4.88. The van der Waals surface area contributed by atoms with Crippen LogP contribution in [0.1, 0.15) is 0 Å². The van der Waals surface area contributed by atoms with Crippen LogP contribution in [0.25, 0.3) is 10.9 Å². The number of nitrogens with zero attached hydrogens (tertiary/aromatic N) is 8. The second-order valence-electron chi connectivity index (χ2n) is 2.40. The third kappa shape index (κ3) is 32.1. The Kier molecular flexibility index (Phi) is 21.8. The zero-order valence-electron chi connectivity index (χ0n) is 11.0. The number of hydrogen-bond acceptors (Lipinski definition) is 8. The van der Waals surface area contributed by atoms with Gasteiger partial charge in [-0.1, -0.05) is 10.9 Å². The van der Waals surface area contributed by atoms with E-state index in [4.69, 9.17) is 30.8 Å². The van der Waals surface area contributed by atoms with Crippen molar-refractivity contribution in [2.45, 2.75) is 0 Å². The van der Waals surface area contributed by atoms with Crippen LogP contribution in [0.15, 0.2) is 37.4 Å². The molecule has 0 aliphatic heterocycles. The normalized spacial score (nSPS) is 6.52. The maximum absolute atomic E-state index is 9.02. The molecule has 125 valence electrons. The minimum atomic E-state index is -1.06. The number of aromatic nitrogens is 4. The van der Waals surface area contributed by atoms with Gasteiger partial charge in [-0.3, -0.25) is 20.2 Å². The van der Waals surface area contributed by atoms with Crippen LogP contribution in [0, 0.1) is 43.1 Å². The molecular weight excluding hydrogens is 364 g/mol. The predicted octanol–water partition coefficient (Wildman–Crippen LogP) is 0.883. The first kappa shape index (κ1) is 24.3. The molecule has 23 heavy (non-hydrogen) atoms. The summed E-state index contributed by atoms with van der Waals surface area (Å²) in [5.74, 6) is 0. The predicted molar refractivity (Wildman–Crippen MR) is 69.1 cm³/mol. The fourth-order valence-electron chi connectivity index (χ4n) is 0.503. The molecule has 0 aromatic carbocycles. The Labute approximate surface area is 139 Å². The number of nitrogens with one attached hydrogen (secondary N) is 2. The fourth-order valence-corrected chi connectivity index (χ4v) is 0.503. The molecule has 0 bridgehead atoms. The van der Waals surface area contributed by atoms with Crippen LogP contribution in [-0.2, 0) is 17.1 Å². The Bertz CT molecular complexity index is 474. The average molecular weight is 372 g/mol. The summed E-state index contributed by atoms with van der Waals surface area (Å²) < 4.78 is 0. The molecule has 2 rings (SSSR count). The first-order valence-electron chi connectivity index (χ1n) is 4.88. The van der Waals surface area contributed by atoms with Crippen molar-refractivity contribution < 1.29 is 27.1 Å². The van der Waals surface area contributed by atoms with Crippen LogP contribution >= 0.6 is 0 Å². The van der Waals surface area contributed by atoms with Crippen molar-refractivity contribution in [2.24, 2.45) is 0 Å². The molecule has 2 heterocycles. The summed E-state index contributed by atoms with van der Waals surface area (Å²) in [7, 11) is 0. The van der Waals surface area contributed by atoms with Gasteiger partial charge < -0.3 is 20.5 Å². The van der Waals surface area contributed by atoms with E-state index < -0.39 is 10.1 Å². The second kappa shape index (κ2) is 20.6. The van der Waals surface area contributed by atoms with Gasteiger partial charge in [0.25, 0.3) is 0 Å². The molecule has 0 saturated carbocycles. The van der Waals surface area contributed by atoms with Gasteiger partial charge >= 0.3 is 17.1 Å². The first-order chi connectivity index (χ1) is 10.5. The van der Waals surface area contributed by atoms with Crippen molar-refractivity contribution in [3.8, 4) is 12.4 Å². The molecule has 0 unspecified atom stereocenters. The minimum absolute atomic E-state index is 0. The van der Waals surface area contributed by atoms with Crippen LogP contribution in [0.2, 0.25) is 0 Å². The van der Waals surface area contributed by atoms with Crippen LogP contribution in [0.3, 0.4) is 0 Å². The Morgan fingerprint density at radius 1 is 0.913 bits per heavy atom. The molecule has 2 aromatic heterocycles. The van der Waals surface area contributed by atoms with Crippen molar-refractivity contribution in [3.05, 3.63) is 68.5 Å². The van der Waals surface area contributed by atoms with Gasteiger partial charge in [0.15, 0.2) is 0 Å². The molecule has 1 radical (unpaired) electrons. The number of nitriles is 2. The van der Waals surface area contributed by atoms with Gasteiger partial charge in [0.2, 0.25) is 0 Å². The molecule has 0 atom stereocenters. The van der Waals surface area contributed by atoms with Gasteiger partial charge in [-0.15, -0.1) is 0 Å². The fraction of sp³-hybridized carbons (Fsp3) is 0. The number of hydrogen-bond donors (Lipinski definition) is 2. The summed E-state index contributed by atoms with van der Waals surface area (Å²) in [6, 6.07) is 0. The Hall–Kier alpha value is -3.68. The summed E-state index contributed by atoms with van der Waals surface area (Å²) in [5, 5.41) is 30.7. The van der Waals surface area contributed by atoms with Crippen LogP contribution in [0.5, 0.6) is 0 Å². The number of imidazole rings is 2. The molecule has 0 fully saturated rings. The van der Waals surface area contributed by atoms with Crippen molar-refractivity contribution in [3.63, 3.8) is 0 Å². The number of nitro groups is 2. The average Bonchev–Trinajstić information content (AvgIpc) is 3.19. The van der Waals surface area contributed by atoms with E-state index in [0.717, 1.165) is 12.4 Å². The van der Waals surface area contributed by atoms with E-state index in [1.54, 1.807) is 37.4 Å². The molecule has 15 heteroatoms. The van der Waals surface area contributed by atoms with Gasteiger partial charge in [0.05, 0.1) is 22.7 Å². The van der Waals surface area contributed by atoms with E-state index in [1.165, 1.54) is 0 Å². The molecule has 0 amide bonds. The van der Waals surface area contributed by atoms with E-state index >= 15 is 0 Å². The maximum Gasteiger partial charge on any atom is 2.00 e. The number of rotatable bonds is 2. The van der Waals surface area contributed by atoms with Crippen LogP contribution in [0.4, 0.5) is 0 Å². The molecule has 0 saturated heterocycles. The third-order valence-electron chi connectivity index (χ3n) is 1.06. The van der Waals surface area contributed by atoms with E-state index in [9.17, 15) is 0 Å². The Morgan fingerprint density at radius 2 is 1.26 bits per heavy atom. The monoisotopic (exact) mass is 371 g/mol. The summed E-state index contributed by atoms with van der Waals surface area (Å²) in [4.78, 5) is 30.9. The summed E-state index contributed by atoms with van der Waals surface area (Å²) in [5.41, 5.74) is 4.31. The SMILES string of the molecule is N#C[N-][N+](=O)[O-].N#C[N-][N+](=O)[O-].[Cu+2].c1c[nH]cn1.c1c[nH]cn1. The minimum Gasteiger partial charge on any atom is -0.489 e. The van der Waals surface area contributed by atoms with E-state index in [1.807, 2.05) is 0 Å². The van der Waals surface area contributed by atoms with Gasteiger partial charge in [-0.05, 0) is 12.4 Å². The zero-order valence-corrected chi connectivity index (χ0v) is 11.9. The van der Waals surface area contributed by atoms with Crippen molar-refractivity contribution in [2.75, 3.05) is 0 Å². The Morgan fingerprint density at radius 3 is 1.30 bits per heavy atom. The maximum atomic E-state index is 9.02. The molecule has 0 aliphatic rings. The van der Waals surface area contributed by atoms with Crippen LogP contribution < -0.4 is 0 Å². The number of aromatic amines is 2. The summed E-state index contributed by atoms with van der Waals surface area (Å²) in [6.07, 6.45) is 12.2. The van der Waals surface area contributed by atoms with E-state index in [2.05, 4.69) is 30.8 Å². The van der Waals surface area contributed by atoms with E-state index in [0.29, 0.717) is 0 Å². The third-order valence-corrected chi connectivity index (χ3v) is 1.06. The van der Waals surface area contributed by atoms with Gasteiger partial charge in [0, 0.05) is 24.8 Å². The smallest absolute Gasteiger partial charge is 0.489 e. The number of H-pyrrole nitrogens is 2. The molecular formula is C8H8CuN10O4. The molecule has 14 nitrogen and oxygen atoms in total. The zero-order chi connectivity index (χ0) is 17.1. The standard InChI is InChI=1S/2C3H4N2.2CN3O2.Cu/c2*1-2-5-3-4-1;2*2-1-3-4(5)6;/h2*1-3H,(H,4,5);;;/q;;2*-1;+2. The Balaban J connectivity index is -0.000000229. The molecule has 2 aromatic rings. The summed E-state index contributed by atoms with van der Waals surface area (Å²) >= 11 is 0. The largest absolute Gasteiger partial charge is 2.00 e. The van der Waals surface area contributed by atoms with Crippen molar-refractivity contribution in [1.29, 1.82) is 10.5 Å². The second-order valence-corrected chi connectivity index (χ2v) is 2.40. The van der Waals surface area contributed by atoms with Gasteiger partial charge in [-0.25, -0.2) is 9.97 Å². The van der Waals surface area contributed by atoms with Crippen molar-refractivity contribution in [1.82, 2.24) is 19.9 Å². The molecule has 2 N–H and O–H groups in total. The van der Waals surface area contributed by atoms with Crippen LogP contribution in [-0.4, -0.2) is 30.0 Å². The molecule has 0 aliphatic carbocycles. The van der Waals surface area contributed by atoms with E-state index in [-0.39, 0.29) is 17.1 Å². The van der Waals surface area contributed by atoms with Gasteiger partial charge in [-0.2, -0.15) is 0 Å². The van der Waals surface area contributed by atoms with Gasteiger partial charge in [0.1, 0.15) is 0 Å². The molecule has 0 spiro atoms. The quantitative estimate of drug-likeness (QED) is 0.333.